The molecule has 0 aromatic carbocycles. The highest BCUT2D eigenvalue weighted by atomic mass is 16.5. The molecule has 22 heavy (non-hydrogen) atoms. The molecule has 1 atom stereocenters. The fourth-order valence-corrected chi connectivity index (χ4v) is 2.58. The number of amides is 1. The van der Waals surface area contributed by atoms with E-state index in [9.17, 15) is 4.79 Å². The Bertz CT molecular complexity index is 487. The highest BCUT2D eigenvalue weighted by molar-refractivity contribution is 5.92. The third-order valence-corrected chi connectivity index (χ3v) is 3.93. The highest BCUT2D eigenvalue weighted by Crippen LogP contribution is 2.11. The van der Waals surface area contributed by atoms with Crippen LogP contribution < -0.4 is 5.32 Å². The summed E-state index contributed by atoms with van der Waals surface area (Å²) in [4.78, 5) is 20.3. The molecule has 2 heterocycles. The van der Waals surface area contributed by atoms with E-state index in [1.165, 1.54) is 4.90 Å². The average Bonchev–Trinajstić information content (AvgIpc) is 2.56. The van der Waals surface area contributed by atoms with E-state index >= 15 is 0 Å². The first-order chi connectivity index (χ1) is 10.6. The molecule has 0 bridgehead atoms. The van der Waals surface area contributed by atoms with Crippen molar-refractivity contribution in [2.75, 3.05) is 52.3 Å². The minimum Gasteiger partial charge on any atom is -0.379 e. The first-order valence-corrected chi connectivity index (χ1v) is 7.86. The Morgan fingerprint density at radius 2 is 2.14 bits per heavy atom. The summed E-state index contributed by atoms with van der Waals surface area (Å²) < 4.78 is 5.41. The van der Waals surface area contributed by atoms with Gasteiger partial charge in [0.05, 0.1) is 13.2 Å². The van der Waals surface area contributed by atoms with E-state index in [0.29, 0.717) is 11.7 Å². The zero-order valence-corrected chi connectivity index (χ0v) is 13.7. The maximum Gasteiger partial charge on any atom is 0.272 e. The molecule has 0 aliphatic carbocycles. The first kappa shape index (κ1) is 16.7. The van der Waals surface area contributed by atoms with Crippen LogP contribution in [0, 0.1) is 0 Å². The van der Waals surface area contributed by atoms with Gasteiger partial charge in [0, 0.05) is 39.8 Å². The Hall–Kier alpha value is -1.66. The van der Waals surface area contributed by atoms with Crippen LogP contribution in [0.4, 0.5) is 5.82 Å². The van der Waals surface area contributed by atoms with Gasteiger partial charge in [0.15, 0.2) is 0 Å². The molecule has 122 valence electrons. The number of anilines is 1. The molecule has 1 N–H and O–H groups in total. The minimum absolute atomic E-state index is 0.0797. The fourth-order valence-electron chi connectivity index (χ4n) is 2.58. The molecule has 1 aromatic heterocycles. The van der Waals surface area contributed by atoms with Gasteiger partial charge < -0.3 is 15.0 Å². The van der Waals surface area contributed by atoms with Crippen LogP contribution in [0.3, 0.4) is 0 Å². The number of rotatable bonds is 6. The topological polar surface area (TPSA) is 57.7 Å². The van der Waals surface area contributed by atoms with Gasteiger partial charge >= 0.3 is 0 Å². The van der Waals surface area contributed by atoms with Gasteiger partial charge in [-0.25, -0.2) is 4.98 Å². The number of carbonyl (C=O) groups is 1. The summed E-state index contributed by atoms with van der Waals surface area (Å²) >= 11 is 0. The van der Waals surface area contributed by atoms with E-state index in [4.69, 9.17) is 4.74 Å². The van der Waals surface area contributed by atoms with Crippen molar-refractivity contribution in [3.05, 3.63) is 23.9 Å². The third-order valence-electron chi connectivity index (χ3n) is 3.93. The van der Waals surface area contributed by atoms with E-state index in [-0.39, 0.29) is 5.91 Å². The Morgan fingerprint density at radius 3 is 2.77 bits per heavy atom. The zero-order chi connectivity index (χ0) is 15.9. The fraction of sp³-hybridized carbons (Fsp3) is 0.625. The van der Waals surface area contributed by atoms with E-state index in [1.54, 1.807) is 20.2 Å². The molecule has 0 saturated carbocycles. The molecule has 0 radical (unpaired) electrons. The average molecular weight is 306 g/mol. The number of nitrogens with one attached hydrogen (secondary N) is 1. The van der Waals surface area contributed by atoms with Crippen LogP contribution in [0.5, 0.6) is 0 Å². The maximum absolute atomic E-state index is 12.0. The van der Waals surface area contributed by atoms with Gasteiger partial charge in [0.25, 0.3) is 5.91 Å². The predicted octanol–water partition coefficient (Wildman–Crippen LogP) is 1.31. The summed E-state index contributed by atoms with van der Waals surface area (Å²) in [7, 11) is 3.46. The van der Waals surface area contributed by atoms with Crippen LogP contribution in [-0.4, -0.2) is 73.7 Å². The van der Waals surface area contributed by atoms with Crippen molar-refractivity contribution in [1.29, 1.82) is 0 Å². The standard InChI is InChI=1S/C16H26N4O2/c1-4-13(20-8-10-22-11-9-20)12-17-15-7-5-6-14(18-15)16(21)19(2)3/h5-7,13H,4,8-12H2,1-3H3,(H,17,18)/t13-/m1/s1. The van der Waals surface area contributed by atoms with E-state index in [1.807, 2.05) is 12.1 Å². The van der Waals surface area contributed by atoms with Gasteiger partial charge in [-0.15, -0.1) is 0 Å². The van der Waals surface area contributed by atoms with Crippen LogP contribution in [-0.2, 0) is 4.74 Å². The molecule has 1 aliphatic rings. The number of hydrogen-bond acceptors (Lipinski definition) is 5. The zero-order valence-electron chi connectivity index (χ0n) is 13.7. The van der Waals surface area contributed by atoms with E-state index in [0.717, 1.165) is 45.1 Å². The third kappa shape index (κ3) is 4.42. The van der Waals surface area contributed by atoms with Crippen molar-refractivity contribution < 1.29 is 9.53 Å². The van der Waals surface area contributed by atoms with Crippen molar-refractivity contribution in [2.24, 2.45) is 0 Å². The van der Waals surface area contributed by atoms with Gasteiger partial charge in [-0.1, -0.05) is 13.0 Å². The van der Waals surface area contributed by atoms with Crippen LogP contribution in [0.25, 0.3) is 0 Å². The summed E-state index contributed by atoms with van der Waals surface area (Å²) in [6, 6.07) is 5.96. The molecule has 0 unspecified atom stereocenters. The number of nitrogens with zero attached hydrogens (tertiary/aromatic N) is 3. The molecule has 0 spiro atoms. The maximum atomic E-state index is 12.0. The first-order valence-electron chi connectivity index (χ1n) is 7.86. The lowest BCUT2D eigenvalue weighted by molar-refractivity contribution is 0.0184. The number of ether oxygens (including phenoxy) is 1. The molecule has 1 saturated heterocycles. The van der Waals surface area contributed by atoms with Crippen LogP contribution in [0.2, 0.25) is 0 Å². The van der Waals surface area contributed by atoms with Crippen molar-refractivity contribution in [3.8, 4) is 0 Å². The molecular formula is C16H26N4O2. The summed E-state index contributed by atoms with van der Waals surface area (Å²) in [5.41, 5.74) is 0.467. The van der Waals surface area contributed by atoms with E-state index < -0.39 is 0 Å². The second kappa shape index (κ2) is 8.10. The molecule has 6 heteroatoms. The smallest absolute Gasteiger partial charge is 0.272 e. The minimum atomic E-state index is -0.0797. The monoisotopic (exact) mass is 306 g/mol. The Morgan fingerprint density at radius 1 is 1.41 bits per heavy atom. The Labute approximate surface area is 132 Å². The Balaban J connectivity index is 1.95. The van der Waals surface area contributed by atoms with Gasteiger partial charge in [-0.2, -0.15) is 0 Å². The summed E-state index contributed by atoms with van der Waals surface area (Å²) in [5.74, 6) is 0.670. The molecule has 1 aliphatic heterocycles. The summed E-state index contributed by atoms with van der Waals surface area (Å²) in [6.45, 7) is 6.59. The second-order valence-corrected chi connectivity index (χ2v) is 5.70. The van der Waals surface area contributed by atoms with Gasteiger partial charge in [0.2, 0.25) is 0 Å². The number of pyridine rings is 1. The lowest BCUT2D eigenvalue weighted by Gasteiger charge is -2.34. The SMILES string of the molecule is CC[C@H](CNc1cccc(C(=O)N(C)C)n1)N1CCOCC1. The number of morpholine rings is 1. The molecule has 1 amide bonds. The van der Waals surface area contributed by atoms with Crippen molar-refractivity contribution in [3.63, 3.8) is 0 Å². The van der Waals surface area contributed by atoms with Crippen LogP contribution >= 0.6 is 0 Å². The number of carbonyl (C=O) groups excluding carboxylic acids is 1. The van der Waals surface area contributed by atoms with Crippen LogP contribution in [0.1, 0.15) is 23.8 Å². The predicted molar refractivity (Wildman–Crippen MR) is 87.2 cm³/mol. The van der Waals surface area contributed by atoms with Crippen molar-refractivity contribution in [2.45, 2.75) is 19.4 Å². The second-order valence-electron chi connectivity index (χ2n) is 5.70. The van der Waals surface area contributed by atoms with Gasteiger partial charge in [-0.05, 0) is 18.6 Å². The quantitative estimate of drug-likeness (QED) is 0.858. The van der Waals surface area contributed by atoms with Gasteiger partial charge in [0.1, 0.15) is 11.5 Å². The van der Waals surface area contributed by atoms with Crippen LogP contribution in [0.15, 0.2) is 18.2 Å². The Kier molecular flexibility index (Phi) is 6.15. The summed E-state index contributed by atoms with van der Waals surface area (Å²) in [5, 5.41) is 3.36. The molecule has 2 rings (SSSR count). The summed E-state index contributed by atoms with van der Waals surface area (Å²) in [6.07, 6.45) is 1.07. The van der Waals surface area contributed by atoms with E-state index in [2.05, 4.69) is 22.1 Å². The number of aromatic nitrogens is 1. The van der Waals surface area contributed by atoms with Gasteiger partial charge in [-0.3, -0.25) is 9.69 Å². The number of hydrogen-bond donors (Lipinski definition) is 1. The molecule has 6 nitrogen and oxygen atoms in total. The molecule has 1 fully saturated rings. The molecule has 1 aromatic rings. The lowest BCUT2D eigenvalue weighted by Crippen LogP contribution is -2.46. The van der Waals surface area contributed by atoms with Crippen molar-refractivity contribution >= 4 is 11.7 Å². The van der Waals surface area contributed by atoms with Crippen molar-refractivity contribution in [1.82, 2.24) is 14.8 Å². The normalized spacial score (nSPS) is 17.0. The largest absolute Gasteiger partial charge is 0.379 e. The lowest BCUT2D eigenvalue weighted by atomic mass is 10.1. The molecular weight excluding hydrogens is 280 g/mol. The highest BCUT2D eigenvalue weighted by Gasteiger charge is 2.19.